The molecule has 3 rings (SSSR count). The number of hydrogen-bond acceptors (Lipinski definition) is 7. The second-order valence-corrected chi connectivity index (χ2v) is 7.41. The number of halogens is 1. The zero-order valence-corrected chi connectivity index (χ0v) is 17.8. The molecular weight excluding hydrogens is 435 g/mol. The molecule has 1 fully saturated rings. The van der Waals surface area contributed by atoms with Crippen LogP contribution in [0.15, 0.2) is 30.5 Å². The van der Waals surface area contributed by atoms with Gasteiger partial charge in [0.2, 0.25) is 0 Å². The van der Waals surface area contributed by atoms with Crippen molar-refractivity contribution >= 4 is 29.8 Å². The minimum absolute atomic E-state index is 0.0223. The van der Waals surface area contributed by atoms with Gasteiger partial charge in [-0.05, 0) is 37.6 Å². The molecule has 0 saturated carbocycles. The number of primary amides is 1. The molecule has 1 aliphatic heterocycles. The fraction of sp³-hybridized carbons (Fsp3) is 0.381. The lowest BCUT2D eigenvalue weighted by molar-refractivity contribution is -0.191. The third-order valence-electron chi connectivity index (χ3n) is 5.56. The van der Waals surface area contributed by atoms with Crippen molar-refractivity contribution in [3.63, 3.8) is 0 Å². The van der Waals surface area contributed by atoms with Crippen molar-refractivity contribution in [2.75, 3.05) is 18.5 Å². The van der Waals surface area contributed by atoms with Gasteiger partial charge in [0.05, 0.1) is 18.5 Å². The topological polar surface area (TPSA) is 164 Å². The van der Waals surface area contributed by atoms with Crippen LogP contribution in [-0.2, 0) is 9.53 Å². The molecule has 1 saturated heterocycles. The van der Waals surface area contributed by atoms with Gasteiger partial charge in [0.15, 0.2) is 11.5 Å². The Morgan fingerprint density at radius 1 is 1.45 bits per heavy atom. The van der Waals surface area contributed by atoms with Gasteiger partial charge in [-0.2, -0.15) is 10.4 Å². The van der Waals surface area contributed by atoms with Crippen LogP contribution in [0.2, 0.25) is 0 Å². The minimum atomic E-state index is -1.72. The molecule has 174 valence electrons. The van der Waals surface area contributed by atoms with Crippen molar-refractivity contribution < 1.29 is 28.6 Å². The molecule has 2 amide bonds. The number of benzene rings is 1. The van der Waals surface area contributed by atoms with E-state index in [-0.39, 0.29) is 37.4 Å². The number of ether oxygens (including phenoxy) is 1. The minimum Gasteiger partial charge on any atom is -0.465 e. The van der Waals surface area contributed by atoms with Crippen molar-refractivity contribution in [1.29, 1.82) is 5.26 Å². The van der Waals surface area contributed by atoms with E-state index in [1.807, 2.05) is 0 Å². The number of carboxylic acid groups (broad SMARTS) is 1. The van der Waals surface area contributed by atoms with Gasteiger partial charge >= 0.3 is 6.09 Å². The number of anilines is 2. The van der Waals surface area contributed by atoms with Crippen molar-refractivity contribution in [3.05, 3.63) is 41.8 Å². The lowest BCUT2D eigenvalue weighted by Crippen LogP contribution is -2.63. The fourth-order valence-corrected chi connectivity index (χ4v) is 4.15. The van der Waals surface area contributed by atoms with E-state index in [9.17, 15) is 29.1 Å². The molecule has 4 N–H and O–H groups in total. The van der Waals surface area contributed by atoms with E-state index in [0.29, 0.717) is 12.0 Å². The highest BCUT2D eigenvalue weighted by atomic mass is 19.1. The lowest BCUT2D eigenvalue weighted by atomic mass is 9.80. The molecule has 1 aliphatic rings. The Labute approximate surface area is 188 Å². The molecule has 1 aromatic carbocycles. The highest BCUT2D eigenvalue weighted by molar-refractivity contribution is 5.98. The van der Waals surface area contributed by atoms with Gasteiger partial charge in [-0.25, -0.2) is 9.18 Å². The number of hydrogen-bond donors (Lipinski definition) is 3. The third-order valence-corrected chi connectivity index (χ3v) is 5.56. The van der Waals surface area contributed by atoms with Crippen LogP contribution in [0.4, 0.5) is 20.7 Å². The normalized spacial score (nSPS) is 22.4. The summed E-state index contributed by atoms with van der Waals surface area (Å²) in [6, 6.07) is 6.72. The summed E-state index contributed by atoms with van der Waals surface area (Å²) in [4.78, 5) is 36.4. The predicted octanol–water partition coefficient (Wildman–Crippen LogP) is 2.25. The summed E-state index contributed by atoms with van der Waals surface area (Å²) in [5, 5.41) is 27.0. The highest BCUT2D eigenvalue weighted by Gasteiger charge is 2.55. The van der Waals surface area contributed by atoms with E-state index in [1.165, 1.54) is 35.1 Å². The van der Waals surface area contributed by atoms with Gasteiger partial charge in [-0.3, -0.25) is 14.4 Å². The Hall–Kier alpha value is -3.98. The summed E-state index contributed by atoms with van der Waals surface area (Å²) >= 11 is 0. The van der Waals surface area contributed by atoms with Gasteiger partial charge < -0.3 is 25.7 Å². The van der Waals surface area contributed by atoms with Crippen LogP contribution in [0.3, 0.4) is 0 Å². The Balaban J connectivity index is 2.04. The maximum Gasteiger partial charge on any atom is 0.409 e. The number of amides is 2. The van der Waals surface area contributed by atoms with Crippen molar-refractivity contribution in [3.8, 4) is 6.07 Å². The van der Waals surface area contributed by atoms with Gasteiger partial charge in [-0.1, -0.05) is 0 Å². The van der Waals surface area contributed by atoms with E-state index in [2.05, 4.69) is 16.5 Å². The average molecular weight is 458 g/mol. The summed E-state index contributed by atoms with van der Waals surface area (Å²) in [5.41, 5.74) is 4.25. The molecule has 3 atom stereocenters. The molecule has 0 radical (unpaired) electrons. The largest absolute Gasteiger partial charge is 0.465 e. The number of likely N-dealkylation sites (tertiary alicyclic amines) is 1. The van der Waals surface area contributed by atoms with Crippen molar-refractivity contribution in [1.82, 2.24) is 14.7 Å². The summed E-state index contributed by atoms with van der Waals surface area (Å²) in [6.07, 6.45) is 0.372. The van der Waals surface area contributed by atoms with Crippen LogP contribution in [0.5, 0.6) is 0 Å². The SMILES string of the molecule is CCOC1(CC=O)[C@@H](C#N)[C@@H](n2cc(C(N)=O)c(Nc3ccc(F)cc3)n2)CCN1C(=O)O. The Bertz CT molecular complexity index is 1080. The van der Waals surface area contributed by atoms with E-state index in [4.69, 9.17) is 10.5 Å². The zero-order chi connectivity index (χ0) is 24.2. The number of carbonyl (C=O) groups is 3. The lowest BCUT2D eigenvalue weighted by Gasteiger charge is -2.49. The molecule has 1 aromatic heterocycles. The smallest absolute Gasteiger partial charge is 0.409 e. The van der Waals surface area contributed by atoms with Crippen LogP contribution >= 0.6 is 0 Å². The second kappa shape index (κ2) is 9.66. The molecule has 12 heteroatoms. The van der Waals surface area contributed by atoms with E-state index >= 15 is 0 Å². The molecule has 2 aromatic rings. The van der Waals surface area contributed by atoms with Crippen molar-refractivity contribution in [2.24, 2.45) is 11.7 Å². The van der Waals surface area contributed by atoms with Crippen LogP contribution in [0.25, 0.3) is 0 Å². The summed E-state index contributed by atoms with van der Waals surface area (Å²) in [5.74, 6) is -2.26. The fourth-order valence-electron chi connectivity index (χ4n) is 4.15. The quantitative estimate of drug-likeness (QED) is 0.507. The van der Waals surface area contributed by atoms with Crippen LogP contribution in [0.1, 0.15) is 36.2 Å². The van der Waals surface area contributed by atoms with Crippen LogP contribution in [0, 0.1) is 23.1 Å². The number of aldehydes is 1. The van der Waals surface area contributed by atoms with Crippen LogP contribution < -0.4 is 11.1 Å². The first kappa shape index (κ1) is 23.7. The Morgan fingerprint density at radius 3 is 2.70 bits per heavy atom. The van der Waals surface area contributed by atoms with E-state index in [0.717, 1.165) is 4.90 Å². The summed E-state index contributed by atoms with van der Waals surface area (Å²) < 4.78 is 20.3. The number of nitrogens with zero attached hydrogens (tertiary/aromatic N) is 4. The van der Waals surface area contributed by atoms with E-state index < -0.39 is 35.5 Å². The molecule has 0 bridgehead atoms. The standard InChI is InChI=1S/C21H23FN6O5/c1-2-33-21(8-10-29)16(11-23)17(7-9-27(21)20(31)32)28-12-15(18(24)30)19(26-28)25-14-5-3-13(22)4-6-14/h3-6,10,12,16-17H,2,7-9H2,1H3,(H2,24,30)(H,25,26)(H,31,32)/t16-,17-,21?/m0/s1. The highest BCUT2D eigenvalue weighted by Crippen LogP contribution is 2.43. The monoisotopic (exact) mass is 458 g/mol. The average Bonchev–Trinajstić information content (AvgIpc) is 3.19. The number of piperidine rings is 1. The first-order valence-corrected chi connectivity index (χ1v) is 10.2. The number of nitrogens with two attached hydrogens (primary N) is 1. The van der Waals surface area contributed by atoms with Gasteiger partial charge in [-0.15, -0.1) is 0 Å². The van der Waals surface area contributed by atoms with Crippen molar-refractivity contribution in [2.45, 2.75) is 31.5 Å². The molecule has 11 nitrogen and oxygen atoms in total. The molecule has 2 heterocycles. The molecule has 0 aliphatic carbocycles. The molecule has 1 unspecified atom stereocenters. The molecule has 0 spiro atoms. The number of rotatable bonds is 8. The van der Waals surface area contributed by atoms with Gasteiger partial charge in [0.1, 0.15) is 23.6 Å². The maximum absolute atomic E-state index is 13.2. The zero-order valence-electron chi connectivity index (χ0n) is 17.8. The first-order valence-electron chi connectivity index (χ1n) is 10.2. The van der Waals surface area contributed by atoms with Gasteiger partial charge in [0.25, 0.3) is 5.91 Å². The third kappa shape index (κ3) is 4.49. The first-order chi connectivity index (χ1) is 15.8. The number of carbonyl (C=O) groups excluding carboxylic acids is 2. The number of aromatic nitrogens is 2. The Morgan fingerprint density at radius 2 is 2.15 bits per heavy atom. The molecular formula is C21H23FN6O5. The number of nitriles is 1. The second-order valence-electron chi connectivity index (χ2n) is 7.41. The van der Waals surface area contributed by atoms with Crippen LogP contribution in [-0.4, -0.2) is 57.0 Å². The van der Waals surface area contributed by atoms with E-state index in [1.54, 1.807) is 6.92 Å². The number of nitrogens with one attached hydrogen (secondary N) is 1. The predicted molar refractivity (Wildman–Crippen MR) is 113 cm³/mol. The summed E-state index contributed by atoms with van der Waals surface area (Å²) in [6.45, 7) is 1.67. The summed E-state index contributed by atoms with van der Waals surface area (Å²) in [7, 11) is 0. The molecule has 33 heavy (non-hydrogen) atoms. The maximum atomic E-state index is 13.2. The van der Waals surface area contributed by atoms with Gasteiger partial charge in [0, 0.05) is 25.0 Å². The Kier molecular flexibility index (Phi) is 6.93.